The van der Waals surface area contributed by atoms with Crippen molar-refractivity contribution in [1.29, 1.82) is 5.26 Å². The first-order chi connectivity index (χ1) is 11.5. The van der Waals surface area contributed by atoms with Crippen LogP contribution < -0.4 is 10.1 Å². The summed E-state index contributed by atoms with van der Waals surface area (Å²) in [7, 11) is 3.52. The van der Waals surface area contributed by atoms with E-state index in [1.54, 1.807) is 31.4 Å². The number of carbonyl (C=O) groups excluding carboxylic acids is 1. The van der Waals surface area contributed by atoms with Crippen molar-refractivity contribution in [2.24, 2.45) is 0 Å². The monoisotopic (exact) mass is 323 g/mol. The Kier molecular flexibility index (Phi) is 5.94. The van der Waals surface area contributed by atoms with Crippen LogP contribution in [0.4, 0.5) is 5.69 Å². The first-order valence-electron chi connectivity index (χ1n) is 7.68. The molecule has 0 aliphatic heterocycles. The highest BCUT2D eigenvalue weighted by molar-refractivity contribution is 5.95. The van der Waals surface area contributed by atoms with E-state index in [2.05, 4.69) is 11.4 Å². The Bertz CT molecular complexity index is 752. The van der Waals surface area contributed by atoms with Gasteiger partial charge in [-0.2, -0.15) is 5.26 Å². The van der Waals surface area contributed by atoms with Crippen LogP contribution in [0.15, 0.2) is 48.5 Å². The van der Waals surface area contributed by atoms with E-state index in [0.717, 1.165) is 11.3 Å². The quantitative estimate of drug-likeness (QED) is 0.887. The third-order valence-electron chi connectivity index (χ3n) is 3.91. The zero-order valence-corrected chi connectivity index (χ0v) is 14.1. The first-order valence-corrected chi connectivity index (χ1v) is 7.68. The van der Waals surface area contributed by atoms with Gasteiger partial charge < -0.3 is 10.1 Å². The van der Waals surface area contributed by atoms with E-state index in [1.807, 2.05) is 43.1 Å². The predicted molar refractivity (Wildman–Crippen MR) is 93.7 cm³/mol. The number of rotatable bonds is 6. The van der Waals surface area contributed by atoms with Gasteiger partial charge in [0, 0.05) is 6.54 Å². The van der Waals surface area contributed by atoms with Gasteiger partial charge in [0.2, 0.25) is 5.91 Å². The molecule has 2 rings (SSSR count). The summed E-state index contributed by atoms with van der Waals surface area (Å²) in [6.45, 7) is 2.45. The van der Waals surface area contributed by atoms with Crippen LogP contribution in [0.2, 0.25) is 0 Å². The average molecular weight is 323 g/mol. The van der Waals surface area contributed by atoms with Gasteiger partial charge in [-0.15, -0.1) is 0 Å². The van der Waals surface area contributed by atoms with Gasteiger partial charge in [-0.1, -0.05) is 24.3 Å². The third kappa shape index (κ3) is 4.34. The number of hydrogen-bond acceptors (Lipinski definition) is 4. The van der Waals surface area contributed by atoms with E-state index in [-0.39, 0.29) is 11.9 Å². The minimum Gasteiger partial charge on any atom is -0.497 e. The number of methoxy groups -OCH3 is 1. The Balaban J connectivity index is 2.03. The van der Waals surface area contributed by atoms with Gasteiger partial charge in [-0.3, -0.25) is 9.69 Å². The molecule has 1 amide bonds. The van der Waals surface area contributed by atoms with Crippen LogP contribution in [0.3, 0.4) is 0 Å². The number of carbonyl (C=O) groups is 1. The predicted octanol–water partition coefficient (Wildman–Crippen LogP) is 3.03. The van der Waals surface area contributed by atoms with Crippen LogP contribution in [0.25, 0.3) is 0 Å². The van der Waals surface area contributed by atoms with Crippen molar-refractivity contribution in [3.63, 3.8) is 0 Å². The average Bonchev–Trinajstić information content (AvgIpc) is 2.61. The lowest BCUT2D eigenvalue weighted by Crippen LogP contribution is -2.39. The molecular formula is C19H21N3O2. The number of ether oxygens (including phenoxy) is 1. The smallest absolute Gasteiger partial charge is 0.241 e. The zero-order chi connectivity index (χ0) is 17.5. The second-order valence-electron chi connectivity index (χ2n) is 5.59. The number of nitrogens with one attached hydrogen (secondary N) is 1. The Labute approximate surface area is 142 Å². The molecule has 2 aromatic rings. The van der Waals surface area contributed by atoms with Crippen LogP contribution >= 0.6 is 0 Å². The van der Waals surface area contributed by atoms with Crippen LogP contribution in [0.5, 0.6) is 5.75 Å². The molecule has 1 unspecified atom stereocenters. The zero-order valence-electron chi connectivity index (χ0n) is 14.1. The molecule has 0 fully saturated rings. The maximum Gasteiger partial charge on any atom is 0.241 e. The van der Waals surface area contributed by atoms with Gasteiger partial charge in [0.15, 0.2) is 0 Å². The number of nitriles is 1. The summed E-state index contributed by atoms with van der Waals surface area (Å²) in [5.74, 6) is 0.643. The molecular weight excluding hydrogens is 302 g/mol. The second-order valence-corrected chi connectivity index (χ2v) is 5.59. The molecule has 5 nitrogen and oxygen atoms in total. The lowest BCUT2D eigenvalue weighted by atomic mass is 10.1. The molecule has 1 N–H and O–H groups in total. The minimum absolute atomic E-state index is 0.150. The highest BCUT2D eigenvalue weighted by atomic mass is 16.5. The molecule has 0 saturated carbocycles. The van der Waals surface area contributed by atoms with E-state index in [0.29, 0.717) is 17.8 Å². The molecule has 2 aromatic carbocycles. The fraction of sp³-hybridized carbons (Fsp3) is 0.263. The van der Waals surface area contributed by atoms with Gasteiger partial charge in [0.1, 0.15) is 11.8 Å². The van der Waals surface area contributed by atoms with Crippen LogP contribution in [0, 0.1) is 11.3 Å². The molecule has 5 heteroatoms. The highest BCUT2D eigenvalue weighted by Gasteiger charge is 2.19. The molecule has 0 aliphatic rings. The van der Waals surface area contributed by atoms with E-state index in [4.69, 9.17) is 10.00 Å². The first kappa shape index (κ1) is 17.5. The molecule has 24 heavy (non-hydrogen) atoms. The summed E-state index contributed by atoms with van der Waals surface area (Å²) in [5.41, 5.74) is 2.05. The molecule has 0 bridgehead atoms. The van der Waals surface area contributed by atoms with Gasteiger partial charge in [0.25, 0.3) is 0 Å². The summed E-state index contributed by atoms with van der Waals surface area (Å²) in [4.78, 5) is 14.4. The standard InChI is InChI=1S/C19H21N3O2/c1-14(19(23)21-18-10-5-4-8-16(18)12-20)22(2)13-15-7-6-9-17(11-15)24-3/h4-11,14H,13H2,1-3H3,(H,21,23). The largest absolute Gasteiger partial charge is 0.497 e. The number of nitrogens with zero attached hydrogens (tertiary/aromatic N) is 2. The van der Waals surface area contributed by atoms with Crippen molar-refractivity contribution < 1.29 is 9.53 Å². The number of hydrogen-bond donors (Lipinski definition) is 1. The van der Waals surface area contributed by atoms with Gasteiger partial charge in [0.05, 0.1) is 24.4 Å². The minimum atomic E-state index is -0.344. The van der Waals surface area contributed by atoms with E-state index in [9.17, 15) is 4.79 Å². The Morgan fingerprint density at radius 2 is 2.04 bits per heavy atom. The van der Waals surface area contributed by atoms with Gasteiger partial charge in [-0.25, -0.2) is 0 Å². The lowest BCUT2D eigenvalue weighted by molar-refractivity contribution is -0.120. The molecule has 0 heterocycles. The summed E-state index contributed by atoms with van der Waals surface area (Å²) in [6.07, 6.45) is 0. The lowest BCUT2D eigenvalue weighted by Gasteiger charge is -2.24. The van der Waals surface area contributed by atoms with Crippen molar-refractivity contribution in [1.82, 2.24) is 4.90 Å². The number of benzene rings is 2. The van der Waals surface area contributed by atoms with Crippen molar-refractivity contribution in [2.75, 3.05) is 19.5 Å². The maximum atomic E-state index is 12.4. The molecule has 0 aromatic heterocycles. The number of likely N-dealkylation sites (N-methyl/N-ethyl adjacent to an activating group) is 1. The fourth-order valence-corrected chi connectivity index (χ4v) is 2.32. The molecule has 0 spiro atoms. The maximum absolute atomic E-state index is 12.4. The summed E-state index contributed by atoms with van der Waals surface area (Å²) < 4.78 is 5.22. The molecule has 124 valence electrons. The normalized spacial score (nSPS) is 11.6. The van der Waals surface area contributed by atoms with E-state index < -0.39 is 0 Å². The van der Waals surface area contributed by atoms with E-state index >= 15 is 0 Å². The summed E-state index contributed by atoms with van der Waals surface area (Å²) >= 11 is 0. The topological polar surface area (TPSA) is 65.4 Å². The SMILES string of the molecule is COc1cccc(CN(C)C(C)C(=O)Nc2ccccc2C#N)c1. The summed E-state index contributed by atoms with van der Waals surface area (Å²) in [6, 6.07) is 16.5. The van der Waals surface area contributed by atoms with Crippen molar-refractivity contribution >= 4 is 11.6 Å². The molecule has 0 radical (unpaired) electrons. The van der Waals surface area contributed by atoms with Crippen LogP contribution in [-0.4, -0.2) is 31.0 Å². The van der Waals surface area contributed by atoms with Crippen LogP contribution in [0.1, 0.15) is 18.1 Å². The second kappa shape index (κ2) is 8.14. The van der Waals surface area contributed by atoms with Gasteiger partial charge >= 0.3 is 0 Å². The molecule has 1 atom stereocenters. The number of para-hydroxylation sites is 1. The summed E-state index contributed by atoms with van der Waals surface area (Å²) in [5, 5.41) is 11.9. The van der Waals surface area contributed by atoms with Crippen molar-refractivity contribution in [3.05, 3.63) is 59.7 Å². The Morgan fingerprint density at radius 1 is 1.29 bits per heavy atom. The van der Waals surface area contributed by atoms with Gasteiger partial charge in [-0.05, 0) is 43.8 Å². The fourth-order valence-electron chi connectivity index (χ4n) is 2.32. The van der Waals surface area contributed by atoms with Crippen molar-refractivity contribution in [2.45, 2.75) is 19.5 Å². The molecule has 0 aliphatic carbocycles. The third-order valence-corrected chi connectivity index (χ3v) is 3.91. The highest BCUT2D eigenvalue weighted by Crippen LogP contribution is 2.17. The molecule has 0 saturated heterocycles. The van der Waals surface area contributed by atoms with Crippen molar-refractivity contribution in [3.8, 4) is 11.8 Å². The Hall–Kier alpha value is -2.84. The number of amides is 1. The van der Waals surface area contributed by atoms with E-state index in [1.165, 1.54) is 0 Å². The number of anilines is 1. The van der Waals surface area contributed by atoms with Crippen LogP contribution in [-0.2, 0) is 11.3 Å². The Morgan fingerprint density at radius 3 is 2.75 bits per heavy atom.